The van der Waals surface area contributed by atoms with Gasteiger partial charge < -0.3 is 5.11 Å². The fraction of sp³-hybridized carbons (Fsp3) is 1.00. The first-order valence-electron chi connectivity index (χ1n) is 4.69. The number of likely N-dealkylation sites (tertiary alicyclic amines) is 1. The zero-order valence-electron chi connectivity index (χ0n) is 7.16. The topological polar surface area (TPSA) is 23.5 Å². The molecule has 11 heavy (non-hydrogen) atoms. The molecule has 0 spiro atoms. The van der Waals surface area contributed by atoms with Crippen LogP contribution in [0.25, 0.3) is 0 Å². The van der Waals surface area contributed by atoms with Gasteiger partial charge in [0, 0.05) is 6.04 Å². The maximum atomic E-state index is 9.55. The lowest BCUT2D eigenvalue weighted by atomic mass is 9.85. The van der Waals surface area contributed by atoms with Gasteiger partial charge in [0.25, 0.3) is 0 Å². The summed E-state index contributed by atoms with van der Waals surface area (Å²) in [4.78, 5) is 2.16. The molecule has 0 radical (unpaired) electrons. The van der Waals surface area contributed by atoms with Gasteiger partial charge in [0.05, 0.1) is 0 Å². The van der Waals surface area contributed by atoms with Crippen LogP contribution in [0.1, 0.15) is 32.1 Å². The molecule has 0 aromatic carbocycles. The van der Waals surface area contributed by atoms with Gasteiger partial charge in [-0.3, -0.25) is 4.90 Å². The Labute approximate surface area is 68.2 Å². The molecule has 0 bridgehead atoms. The third-order valence-electron chi connectivity index (χ3n) is 3.38. The van der Waals surface area contributed by atoms with E-state index in [4.69, 9.17) is 0 Å². The van der Waals surface area contributed by atoms with Crippen LogP contribution in [0, 0.1) is 5.92 Å². The highest BCUT2D eigenvalue weighted by atomic mass is 16.3. The van der Waals surface area contributed by atoms with Crippen LogP contribution in [0.2, 0.25) is 0 Å². The quantitative estimate of drug-likeness (QED) is 0.568. The lowest BCUT2D eigenvalue weighted by Gasteiger charge is -2.29. The Balaban J connectivity index is 2.05. The van der Waals surface area contributed by atoms with E-state index in [1.165, 1.54) is 25.7 Å². The van der Waals surface area contributed by atoms with E-state index in [1.807, 2.05) is 0 Å². The molecule has 1 saturated heterocycles. The molecule has 2 rings (SSSR count). The Morgan fingerprint density at radius 1 is 1.27 bits per heavy atom. The molecule has 2 aliphatic rings. The molecule has 0 aromatic rings. The predicted molar refractivity (Wildman–Crippen MR) is 44.1 cm³/mol. The number of hydrogen-bond donors (Lipinski definition) is 1. The van der Waals surface area contributed by atoms with Crippen molar-refractivity contribution in [2.75, 3.05) is 7.05 Å². The summed E-state index contributed by atoms with van der Waals surface area (Å²) in [5.41, 5.74) is 0. The highest BCUT2D eigenvalue weighted by molar-refractivity contribution is 4.89. The largest absolute Gasteiger partial charge is 0.378 e. The molecule has 1 saturated carbocycles. The van der Waals surface area contributed by atoms with E-state index in [-0.39, 0.29) is 6.23 Å². The number of aliphatic hydroxyl groups is 1. The molecule has 64 valence electrons. The van der Waals surface area contributed by atoms with Crippen molar-refractivity contribution in [1.82, 2.24) is 4.90 Å². The summed E-state index contributed by atoms with van der Waals surface area (Å²) in [6.07, 6.45) is 6.24. The van der Waals surface area contributed by atoms with E-state index in [2.05, 4.69) is 11.9 Å². The third kappa shape index (κ3) is 1.18. The van der Waals surface area contributed by atoms with Crippen LogP contribution in [0.4, 0.5) is 0 Å². The molecule has 2 heteroatoms. The number of nitrogens with zero attached hydrogens (tertiary/aromatic N) is 1. The van der Waals surface area contributed by atoms with Gasteiger partial charge in [-0.25, -0.2) is 0 Å². The Morgan fingerprint density at radius 3 is 2.73 bits per heavy atom. The van der Waals surface area contributed by atoms with Gasteiger partial charge in [-0.15, -0.1) is 0 Å². The van der Waals surface area contributed by atoms with Crippen LogP contribution in [-0.4, -0.2) is 29.3 Å². The average Bonchev–Trinajstić information content (AvgIpc) is 2.30. The highest BCUT2D eigenvalue weighted by Crippen LogP contribution is 2.37. The summed E-state index contributed by atoms with van der Waals surface area (Å²) >= 11 is 0. The molecule has 2 fully saturated rings. The van der Waals surface area contributed by atoms with Gasteiger partial charge in [0.2, 0.25) is 0 Å². The van der Waals surface area contributed by atoms with Crippen molar-refractivity contribution in [3.05, 3.63) is 0 Å². The lowest BCUT2D eigenvalue weighted by molar-refractivity contribution is 0.0341. The minimum atomic E-state index is -0.150. The summed E-state index contributed by atoms with van der Waals surface area (Å²) in [5, 5.41) is 9.55. The van der Waals surface area contributed by atoms with E-state index < -0.39 is 0 Å². The summed E-state index contributed by atoms with van der Waals surface area (Å²) < 4.78 is 0. The maximum absolute atomic E-state index is 9.55. The van der Waals surface area contributed by atoms with Gasteiger partial charge in [-0.1, -0.05) is 12.8 Å². The first-order valence-corrected chi connectivity index (χ1v) is 4.69. The standard InChI is InChI=1S/C9H17NO/c1-10-8-5-3-2-4-7(8)6-9(10)11/h7-9,11H,2-6H2,1H3. The van der Waals surface area contributed by atoms with E-state index in [0.29, 0.717) is 6.04 Å². The minimum absolute atomic E-state index is 0.150. The van der Waals surface area contributed by atoms with Gasteiger partial charge in [-0.2, -0.15) is 0 Å². The molecule has 2 nitrogen and oxygen atoms in total. The highest BCUT2D eigenvalue weighted by Gasteiger charge is 2.38. The van der Waals surface area contributed by atoms with Crippen molar-refractivity contribution in [2.45, 2.75) is 44.4 Å². The molecular weight excluding hydrogens is 138 g/mol. The van der Waals surface area contributed by atoms with Crippen molar-refractivity contribution < 1.29 is 5.11 Å². The van der Waals surface area contributed by atoms with Crippen molar-refractivity contribution in [3.63, 3.8) is 0 Å². The Hall–Kier alpha value is -0.0800. The second-order valence-corrected chi connectivity index (χ2v) is 3.99. The van der Waals surface area contributed by atoms with Crippen molar-refractivity contribution in [1.29, 1.82) is 0 Å². The lowest BCUT2D eigenvalue weighted by Crippen LogP contribution is -2.35. The molecule has 3 atom stereocenters. The molecule has 1 N–H and O–H groups in total. The van der Waals surface area contributed by atoms with Crippen LogP contribution >= 0.6 is 0 Å². The monoisotopic (exact) mass is 155 g/mol. The molecule has 0 amide bonds. The molecule has 1 aliphatic carbocycles. The first-order chi connectivity index (χ1) is 5.29. The zero-order valence-corrected chi connectivity index (χ0v) is 7.16. The number of aliphatic hydroxyl groups excluding tert-OH is 1. The van der Waals surface area contributed by atoms with Crippen LogP contribution in [0.3, 0.4) is 0 Å². The number of fused-ring (bicyclic) bond motifs is 1. The van der Waals surface area contributed by atoms with Gasteiger partial charge in [0.1, 0.15) is 6.23 Å². The summed E-state index contributed by atoms with van der Waals surface area (Å²) in [6.45, 7) is 0. The zero-order chi connectivity index (χ0) is 7.84. The van der Waals surface area contributed by atoms with Crippen LogP contribution in [0.5, 0.6) is 0 Å². The molecule has 1 heterocycles. The average molecular weight is 155 g/mol. The summed E-state index contributed by atoms with van der Waals surface area (Å²) in [7, 11) is 2.06. The molecule has 0 aromatic heterocycles. The molecule has 1 aliphatic heterocycles. The Morgan fingerprint density at radius 2 is 2.00 bits per heavy atom. The van der Waals surface area contributed by atoms with Crippen molar-refractivity contribution in [2.24, 2.45) is 5.92 Å². The Bertz CT molecular complexity index is 148. The summed E-state index contributed by atoms with van der Waals surface area (Å²) in [6, 6.07) is 0.693. The van der Waals surface area contributed by atoms with Gasteiger partial charge >= 0.3 is 0 Å². The van der Waals surface area contributed by atoms with Crippen LogP contribution in [-0.2, 0) is 0 Å². The third-order valence-corrected chi connectivity index (χ3v) is 3.38. The fourth-order valence-electron chi connectivity index (χ4n) is 2.66. The van der Waals surface area contributed by atoms with Crippen LogP contribution < -0.4 is 0 Å². The number of rotatable bonds is 0. The van der Waals surface area contributed by atoms with E-state index >= 15 is 0 Å². The Kier molecular flexibility index (Phi) is 1.90. The minimum Gasteiger partial charge on any atom is -0.378 e. The summed E-state index contributed by atoms with van der Waals surface area (Å²) in [5.74, 6) is 0.795. The SMILES string of the molecule is CN1C(O)CC2CCCCC21. The van der Waals surface area contributed by atoms with Crippen molar-refractivity contribution in [3.8, 4) is 0 Å². The predicted octanol–water partition coefficient (Wildman–Crippen LogP) is 1.20. The van der Waals surface area contributed by atoms with Gasteiger partial charge in [-0.05, 0) is 32.2 Å². The fourth-order valence-corrected chi connectivity index (χ4v) is 2.66. The first kappa shape index (κ1) is 7.56. The normalized spacial score (nSPS) is 45.8. The maximum Gasteiger partial charge on any atom is 0.107 e. The molecule has 3 unspecified atom stereocenters. The van der Waals surface area contributed by atoms with Crippen LogP contribution in [0.15, 0.2) is 0 Å². The smallest absolute Gasteiger partial charge is 0.107 e. The second-order valence-electron chi connectivity index (χ2n) is 3.99. The van der Waals surface area contributed by atoms with E-state index in [9.17, 15) is 5.11 Å². The second kappa shape index (κ2) is 2.76. The van der Waals surface area contributed by atoms with Gasteiger partial charge in [0.15, 0.2) is 0 Å². The molecular formula is C9H17NO. The van der Waals surface area contributed by atoms with E-state index in [1.54, 1.807) is 0 Å². The van der Waals surface area contributed by atoms with Crippen molar-refractivity contribution >= 4 is 0 Å². The number of hydrogen-bond acceptors (Lipinski definition) is 2. The van der Waals surface area contributed by atoms with E-state index in [0.717, 1.165) is 12.3 Å².